The SMILES string of the molecule is CN1CCN(c2ccc(C(=O)Nc3n[nH]c4ccc(C(O)c5cc(F)cc(F)c5)cc34)cc2)CC1. The number of nitrogens with zero attached hydrogens (tertiary/aromatic N) is 3. The molecule has 1 aliphatic heterocycles. The Morgan fingerprint density at radius 2 is 1.66 bits per heavy atom. The molecular formula is C26H25F2N5O2. The minimum atomic E-state index is -1.25. The second-order valence-electron chi connectivity index (χ2n) is 8.77. The molecule has 5 rings (SSSR count). The van der Waals surface area contributed by atoms with E-state index in [2.05, 4.69) is 32.4 Å². The second-order valence-corrected chi connectivity index (χ2v) is 8.77. The van der Waals surface area contributed by atoms with Crippen LogP contribution < -0.4 is 10.2 Å². The van der Waals surface area contributed by atoms with Crippen LogP contribution in [0.25, 0.3) is 10.9 Å². The molecule has 1 amide bonds. The number of hydrogen-bond acceptors (Lipinski definition) is 5. The van der Waals surface area contributed by atoms with E-state index in [4.69, 9.17) is 0 Å². The van der Waals surface area contributed by atoms with Gasteiger partial charge in [0.2, 0.25) is 0 Å². The fraction of sp³-hybridized carbons (Fsp3) is 0.231. The molecule has 2 heterocycles. The Morgan fingerprint density at radius 3 is 2.34 bits per heavy atom. The number of carbonyl (C=O) groups excluding carboxylic acids is 1. The molecule has 3 N–H and O–H groups in total. The number of halogens is 2. The summed E-state index contributed by atoms with van der Waals surface area (Å²) in [7, 11) is 2.11. The van der Waals surface area contributed by atoms with E-state index in [1.807, 2.05) is 12.1 Å². The first kappa shape index (κ1) is 22.9. The van der Waals surface area contributed by atoms with E-state index in [9.17, 15) is 18.7 Å². The molecule has 180 valence electrons. The van der Waals surface area contributed by atoms with E-state index >= 15 is 0 Å². The number of amides is 1. The number of piperazine rings is 1. The van der Waals surface area contributed by atoms with Crippen molar-refractivity contribution in [1.82, 2.24) is 15.1 Å². The van der Waals surface area contributed by atoms with Gasteiger partial charge in [-0.15, -0.1) is 0 Å². The zero-order valence-electron chi connectivity index (χ0n) is 19.1. The van der Waals surface area contributed by atoms with Crippen molar-refractivity contribution in [3.05, 3.63) is 89.0 Å². The first-order chi connectivity index (χ1) is 16.9. The number of fused-ring (bicyclic) bond motifs is 1. The van der Waals surface area contributed by atoms with Crippen LogP contribution in [0.15, 0.2) is 60.7 Å². The Morgan fingerprint density at radius 1 is 0.971 bits per heavy atom. The largest absolute Gasteiger partial charge is 0.384 e. The number of anilines is 2. The second kappa shape index (κ2) is 9.44. The van der Waals surface area contributed by atoms with Crippen LogP contribution >= 0.6 is 0 Å². The summed E-state index contributed by atoms with van der Waals surface area (Å²) in [5, 5.41) is 21.1. The zero-order chi connectivity index (χ0) is 24.5. The molecule has 1 fully saturated rings. The van der Waals surface area contributed by atoms with Crippen molar-refractivity contribution in [2.75, 3.05) is 43.4 Å². The molecule has 4 aromatic rings. The minimum absolute atomic E-state index is 0.0939. The Kier molecular flexibility index (Phi) is 6.19. The third kappa shape index (κ3) is 4.87. The summed E-state index contributed by atoms with van der Waals surface area (Å²) < 4.78 is 27.2. The predicted octanol–water partition coefficient (Wildman–Crippen LogP) is 3.93. The van der Waals surface area contributed by atoms with Gasteiger partial charge < -0.3 is 20.2 Å². The van der Waals surface area contributed by atoms with Gasteiger partial charge in [-0.1, -0.05) is 6.07 Å². The van der Waals surface area contributed by atoms with Crippen molar-refractivity contribution in [1.29, 1.82) is 0 Å². The highest BCUT2D eigenvalue weighted by Gasteiger charge is 2.18. The summed E-state index contributed by atoms with van der Waals surface area (Å²) >= 11 is 0. The van der Waals surface area contributed by atoms with Gasteiger partial charge in [0.1, 0.15) is 17.7 Å². The van der Waals surface area contributed by atoms with Gasteiger partial charge >= 0.3 is 0 Å². The lowest BCUT2D eigenvalue weighted by atomic mass is 10.00. The number of aliphatic hydroxyl groups excluding tert-OH is 1. The number of aromatic nitrogens is 2. The Hall–Kier alpha value is -3.82. The Balaban J connectivity index is 1.34. The fourth-order valence-corrected chi connectivity index (χ4v) is 4.29. The number of nitrogens with one attached hydrogen (secondary N) is 2. The third-order valence-corrected chi connectivity index (χ3v) is 6.33. The van der Waals surface area contributed by atoms with Crippen LogP contribution in [0.3, 0.4) is 0 Å². The molecule has 3 aromatic carbocycles. The number of rotatable bonds is 5. The van der Waals surface area contributed by atoms with E-state index in [0.717, 1.165) is 50.1 Å². The highest BCUT2D eigenvalue weighted by atomic mass is 19.1. The normalized spacial score (nSPS) is 15.4. The molecule has 0 radical (unpaired) electrons. The number of carbonyl (C=O) groups is 1. The zero-order valence-corrected chi connectivity index (χ0v) is 19.1. The highest BCUT2D eigenvalue weighted by molar-refractivity contribution is 6.08. The van der Waals surface area contributed by atoms with Crippen molar-refractivity contribution < 1.29 is 18.7 Å². The van der Waals surface area contributed by atoms with Gasteiger partial charge in [0.15, 0.2) is 5.82 Å². The van der Waals surface area contributed by atoms with Crippen LogP contribution in [0.1, 0.15) is 27.6 Å². The molecule has 35 heavy (non-hydrogen) atoms. The van der Waals surface area contributed by atoms with E-state index in [1.165, 1.54) is 0 Å². The average molecular weight is 478 g/mol. The topological polar surface area (TPSA) is 84.5 Å². The van der Waals surface area contributed by atoms with E-state index < -0.39 is 17.7 Å². The molecule has 1 saturated heterocycles. The summed E-state index contributed by atoms with van der Waals surface area (Å²) in [4.78, 5) is 17.5. The average Bonchev–Trinajstić information content (AvgIpc) is 3.25. The van der Waals surface area contributed by atoms with Crippen LogP contribution in [0.2, 0.25) is 0 Å². The molecule has 1 aromatic heterocycles. The number of benzene rings is 3. The summed E-state index contributed by atoms with van der Waals surface area (Å²) in [6.45, 7) is 3.88. The van der Waals surface area contributed by atoms with Crippen LogP contribution in [0.4, 0.5) is 20.3 Å². The summed E-state index contributed by atoms with van der Waals surface area (Å²) in [6.07, 6.45) is -1.25. The van der Waals surface area contributed by atoms with Crippen LogP contribution in [-0.4, -0.2) is 59.3 Å². The van der Waals surface area contributed by atoms with Gasteiger partial charge in [0.25, 0.3) is 5.91 Å². The maximum Gasteiger partial charge on any atom is 0.256 e. The van der Waals surface area contributed by atoms with Crippen LogP contribution in [-0.2, 0) is 0 Å². The first-order valence-electron chi connectivity index (χ1n) is 11.3. The van der Waals surface area contributed by atoms with E-state index in [-0.39, 0.29) is 11.5 Å². The van der Waals surface area contributed by atoms with E-state index in [1.54, 1.807) is 30.3 Å². The lowest BCUT2D eigenvalue weighted by Crippen LogP contribution is -2.44. The first-order valence-corrected chi connectivity index (χ1v) is 11.3. The third-order valence-electron chi connectivity index (χ3n) is 6.33. The van der Waals surface area contributed by atoms with E-state index in [0.29, 0.717) is 27.8 Å². The summed E-state index contributed by atoms with van der Waals surface area (Å²) in [6, 6.07) is 15.3. The van der Waals surface area contributed by atoms with Gasteiger partial charge in [0, 0.05) is 48.9 Å². The lowest BCUT2D eigenvalue weighted by molar-refractivity contribution is 0.102. The molecule has 0 spiro atoms. The highest BCUT2D eigenvalue weighted by Crippen LogP contribution is 2.29. The number of aromatic amines is 1. The fourth-order valence-electron chi connectivity index (χ4n) is 4.29. The summed E-state index contributed by atoms with van der Waals surface area (Å²) in [5.74, 6) is -1.56. The maximum absolute atomic E-state index is 13.6. The van der Waals surface area contributed by atoms with Crippen molar-refractivity contribution in [2.24, 2.45) is 0 Å². The van der Waals surface area contributed by atoms with Gasteiger partial charge in [0.05, 0.1) is 5.52 Å². The Labute approximate surface area is 201 Å². The Bertz CT molecular complexity index is 1340. The molecule has 0 bridgehead atoms. The molecule has 1 atom stereocenters. The number of likely N-dealkylation sites (N-methyl/N-ethyl adjacent to an activating group) is 1. The summed E-state index contributed by atoms with van der Waals surface area (Å²) in [5.41, 5.74) is 2.72. The quantitative estimate of drug-likeness (QED) is 0.406. The van der Waals surface area contributed by atoms with Gasteiger partial charge in [-0.25, -0.2) is 8.78 Å². The molecule has 7 nitrogen and oxygen atoms in total. The maximum atomic E-state index is 13.6. The van der Waals surface area contributed by atoms with Gasteiger partial charge in [-0.3, -0.25) is 9.89 Å². The van der Waals surface area contributed by atoms with Gasteiger partial charge in [-0.2, -0.15) is 5.10 Å². The molecule has 0 aliphatic carbocycles. The van der Waals surface area contributed by atoms with Crippen molar-refractivity contribution in [3.63, 3.8) is 0 Å². The van der Waals surface area contributed by atoms with Gasteiger partial charge in [-0.05, 0) is 66.7 Å². The molecular weight excluding hydrogens is 452 g/mol. The van der Waals surface area contributed by atoms with Crippen molar-refractivity contribution in [2.45, 2.75) is 6.10 Å². The smallest absolute Gasteiger partial charge is 0.256 e. The predicted molar refractivity (Wildman–Crippen MR) is 131 cm³/mol. The number of aliphatic hydroxyl groups is 1. The minimum Gasteiger partial charge on any atom is -0.384 e. The van der Waals surface area contributed by atoms with Crippen LogP contribution in [0.5, 0.6) is 0 Å². The van der Waals surface area contributed by atoms with Crippen LogP contribution in [0, 0.1) is 11.6 Å². The standard InChI is InChI=1S/C26H25F2N5O2/c1-32-8-10-33(11-9-32)21-5-2-16(3-6-21)26(35)29-25-22-14-17(4-7-23(22)30-31-25)24(34)18-12-19(27)15-20(28)13-18/h2-7,12-15,24,34H,8-11H2,1H3,(H2,29,30,31,35). The number of hydrogen-bond donors (Lipinski definition) is 3. The number of H-pyrrole nitrogens is 1. The lowest BCUT2D eigenvalue weighted by Gasteiger charge is -2.34. The molecule has 9 heteroatoms. The van der Waals surface area contributed by atoms with Crippen molar-refractivity contribution in [3.8, 4) is 0 Å². The molecule has 0 saturated carbocycles. The monoisotopic (exact) mass is 477 g/mol. The molecule has 1 aliphatic rings. The molecule has 1 unspecified atom stereocenters. The van der Waals surface area contributed by atoms with Crippen molar-refractivity contribution >= 4 is 28.3 Å².